The van der Waals surface area contributed by atoms with Gasteiger partial charge in [0.2, 0.25) is 0 Å². The molecule has 0 unspecified atom stereocenters. The molecule has 26 heavy (non-hydrogen) atoms. The largest absolute Gasteiger partial charge is 0.492 e. The van der Waals surface area contributed by atoms with Crippen LogP contribution in [0.4, 0.5) is 11.4 Å². The van der Waals surface area contributed by atoms with Gasteiger partial charge < -0.3 is 9.64 Å². The van der Waals surface area contributed by atoms with Crippen LogP contribution in [0.2, 0.25) is 5.02 Å². The fourth-order valence-electron chi connectivity index (χ4n) is 3.05. The Kier molecular flexibility index (Phi) is 5.96. The molecule has 0 N–H and O–H groups in total. The van der Waals surface area contributed by atoms with E-state index < -0.39 is 0 Å². The van der Waals surface area contributed by atoms with Crippen LogP contribution in [0, 0.1) is 17.0 Å². The monoisotopic (exact) mass is 375 g/mol. The third kappa shape index (κ3) is 4.65. The average Bonchev–Trinajstić information content (AvgIpc) is 2.64. The molecule has 1 aliphatic rings. The van der Waals surface area contributed by atoms with Gasteiger partial charge in [0.15, 0.2) is 0 Å². The number of hydrogen-bond acceptors (Lipinski definition) is 5. The first kappa shape index (κ1) is 18.5. The number of anilines is 1. The number of nitro groups is 1. The van der Waals surface area contributed by atoms with Crippen LogP contribution in [0.15, 0.2) is 42.5 Å². The molecule has 7 heteroatoms. The highest BCUT2D eigenvalue weighted by atomic mass is 35.5. The molecule has 0 saturated carbocycles. The Labute approximate surface area is 158 Å². The minimum Gasteiger partial charge on any atom is -0.492 e. The third-order valence-electron chi connectivity index (χ3n) is 4.54. The molecule has 1 heterocycles. The lowest BCUT2D eigenvalue weighted by Crippen LogP contribution is -2.47. The van der Waals surface area contributed by atoms with Crippen molar-refractivity contribution in [1.82, 2.24) is 4.90 Å². The van der Waals surface area contributed by atoms with Gasteiger partial charge >= 0.3 is 0 Å². The highest BCUT2D eigenvalue weighted by Gasteiger charge is 2.23. The molecule has 6 nitrogen and oxygen atoms in total. The fourth-order valence-corrected chi connectivity index (χ4v) is 3.22. The van der Waals surface area contributed by atoms with Gasteiger partial charge in [-0.05, 0) is 31.2 Å². The van der Waals surface area contributed by atoms with Gasteiger partial charge in [-0.1, -0.05) is 29.3 Å². The molecule has 1 saturated heterocycles. The number of nitro benzene ring substituents is 1. The molecule has 3 rings (SSSR count). The molecule has 0 bridgehead atoms. The Hall–Kier alpha value is -2.31. The standard InChI is InChI=1S/C19H22ClN3O3/c1-15-2-5-17(6-3-15)26-13-12-21-8-10-22(11-9-21)18-7-4-16(20)14-19(18)23(24)25/h2-7,14H,8-13H2,1H3. The number of halogens is 1. The zero-order chi connectivity index (χ0) is 18.5. The molecule has 0 spiro atoms. The maximum Gasteiger partial charge on any atom is 0.294 e. The lowest BCUT2D eigenvalue weighted by atomic mass is 10.2. The van der Waals surface area contributed by atoms with E-state index >= 15 is 0 Å². The van der Waals surface area contributed by atoms with Crippen LogP contribution in [0.1, 0.15) is 5.56 Å². The van der Waals surface area contributed by atoms with Crippen molar-refractivity contribution in [3.8, 4) is 5.75 Å². The van der Waals surface area contributed by atoms with E-state index in [-0.39, 0.29) is 10.6 Å². The summed E-state index contributed by atoms with van der Waals surface area (Å²) in [7, 11) is 0. The van der Waals surface area contributed by atoms with Crippen LogP contribution in [-0.4, -0.2) is 49.2 Å². The number of aryl methyl sites for hydroxylation is 1. The second-order valence-electron chi connectivity index (χ2n) is 6.38. The minimum absolute atomic E-state index is 0.0636. The highest BCUT2D eigenvalue weighted by Crippen LogP contribution is 2.31. The molecule has 0 radical (unpaired) electrons. The average molecular weight is 376 g/mol. The smallest absolute Gasteiger partial charge is 0.294 e. The highest BCUT2D eigenvalue weighted by molar-refractivity contribution is 6.30. The number of nitrogens with zero attached hydrogens (tertiary/aromatic N) is 3. The second kappa shape index (κ2) is 8.38. The third-order valence-corrected chi connectivity index (χ3v) is 4.78. The predicted octanol–water partition coefficient (Wildman–Crippen LogP) is 3.76. The Balaban J connectivity index is 1.50. The number of benzene rings is 2. The molecule has 0 amide bonds. The van der Waals surface area contributed by atoms with Crippen molar-refractivity contribution in [2.75, 3.05) is 44.2 Å². The molecule has 0 aromatic heterocycles. The molecular weight excluding hydrogens is 354 g/mol. The molecule has 0 aliphatic carbocycles. The number of ether oxygens (including phenoxy) is 1. The van der Waals surface area contributed by atoms with Crippen molar-refractivity contribution in [3.05, 3.63) is 63.2 Å². The zero-order valence-electron chi connectivity index (χ0n) is 14.7. The van der Waals surface area contributed by atoms with E-state index in [1.54, 1.807) is 12.1 Å². The lowest BCUT2D eigenvalue weighted by molar-refractivity contribution is -0.384. The second-order valence-corrected chi connectivity index (χ2v) is 6.82. The summed E-state index contributed by atoms with van der Waals surface area (Å²) in [4.78, 5) is 15.3. The Morgan fingerprint density at radius 1 is 1.12 bits per heavy atom. The van der Waals surface area contributed by atoms with E-state index in [4.69, 9.17) is 16.3 Å². The predicted molar refractivity (Wildman–Crippen MR) is 103 cm³/mol. The summed E-state index contributed by atoms with van der Waals surface area (Å²) in [6, 6.07) is 12.9. The van der Waals surface area contributed by atoms with Gasteiger partial charge in [0.25, 0.3) is 5.69 Å². The van der Waals surface area contributed by atoms with Crippen LogP contribution in [0.5, 0.6) is 5.75 Å². The van der Waals surface area contributed by atoms with Gasteiger partial charge in [-0.3, -0.25) is 15.0 Å². The van der Waals surface area contributed by atoms with E-state index in [1.807, 2.05) is 36.1 Å². The van der Waals surface area contributed by atoms with Crippen LogP contribution < -0.4 is 9.64 Å². The van der Waals surface area contributed by atoms with Gasteiger partial charge in [0, 0.05) is 43.8 Å². The molecule has 2 aromatic rings. The molecule has 0 atom stereocenters. The quantitative estimate of drug-likeness (QED) is 0.568. The topological polar surface area (TPSA) is 58.8 Å². The van der Waals surface area contributed by atoms with E-state index in [9.17, 15) is 10.1 Å². The summed E-state index contributed by atoms with van der Waals surface area (Å²) in [5, 5.41) is 11.7. The van der Waals surface area contributed by atoms with Crippen LogP contribution in [-0.2, 0) is 0 Å². The SMILES string of the molecule is Cc1ccc(OCCN2CCN(c3ccc(Cl)cc3[N+](=O)[O-])CC2)cc1. The van der Waals surface area contributed by atoms with E-state index in [1.165, 1.54) is 11.6 Å². The number of hydrogen-bond donors (Lipinski definition) is 0. The summed E-state index contributed by atoms with van der Waals surface area (Å²) < 4.78 is 5.78. The maximum absolute atomic E-state index is 11.3. The Morgan fingerprint density at radius 3 is 2.46 bits per heavy atom. The summed E-state index contributed by atoms with van der Waals surface area (Å²) in [5.41, 5.74) is 1.91. The van der Waals surface area contributed by atoms with E-state index in [2.05, 4.69) is 4.90 Å². The van der Waals surface area contributed by atoms with Crippen LogP contribution >= 0.6 is 11.6 Å². The van der Waals surface area contributed by atoms with Crippen molar-refractivity contribution in [2.45, 2.75) is 6.92 Å². The maximum atomic E-state index is 11.3. The fraction of sp³-hybridized carbons (Fsp3) is 0.368. The van der Waals surface area contributed by atoms with Crippen LogP contribution in [0.3, 0.4) is 0 Å². The van der Waals surface area contributed by atoms with E-state index in [0.717, 1.165) is 38.5 Å². The first-order chi connectivity index (χ1) is 12.5. The Bertz CT molecular complexity index is 759. The minimum atomic E-state index is -0.372. The molecule has 2 aromatic carbocycles. The van der Waals surface area contributed by atoms with Gasteiger partial charge in [0.05, 0.1) is 4.92 Å². The summed E-state index contributed by atoms with van der Waals surface area (Å²) in [5.74, 6) is 0.881. The van der Waals surface area contributed by atoms with Gasteiger partial charge in [0.1, 0.15) is 18.0 Å². The summed E-state index contributed by atoms with van der Waals surface area (Å²) in [6.07, 6.45) is 0. The first-order valence-electron chi connectivity index (χ1n) is 8.63. The van der Waals surface area contributed by atoms with Gasteiger partial charge in [-0.15, -0.1) is 0 Å². The molecular formula is C19H22ClN3O3. The van der Waals surface area contributed by atoms with Gasteiger partial charge in [-0.25, -0.2) is 0 Å². The zero-order valence-corrected chi connectivity index (χ0v) is 15.5. The van der Waals surface area contributed by atoms with E-state index in [0.29, 0.717) is 17.3 Å². The van der Waals surface area contributed by atoms with Crippen molar-refractivity contribution in [1.29, 1.82) is 0 Å². The summed E-state index contributed by atoms with van der Waals surface area (Å²) >= 11 is 5.89. The van der Waals surface area contributed by atoms with Crippen molar-refractivity contribution in [3.63, 3.8) is 0 Å². The lowest BCUT2D eigenvalue weighted by Gasteiger charge is -2.35. The molecule has 138 valence electrons. The Morgan fingerprint density at radius 2 is 1.81 bits per heavy atom. The molecule has 1 aliphatic heterocycles. The molecule has 1 fully saturated rings. The van der Waals surface area contributed by atoms with Crippen molar-refractivity contribution >= 4 is 23.0 Å². The first-order valence-corrected chi connectivity index (χ1v) is 9.01. The van der Waals surface area contributed by atoms with Crippen molar-refractivity contribution < 1.29 is 9.66 Å². The van der Waals surface area contributed by atoms with Crippen LogP contribution in [0.25, 0.3) is 0 Å². The number of rotatable bonds is 6. The van der Waals surface area contributed by atoms with Crippen molar-refractivity contribution in [2.24, 2.45) is 0 Å². The normalized spacial score (nSPS) is 15.1. The number of piperazine rings is 1. The summed E-state index contributed by atoms with van der Waals surface area (Å²) in [6.45, 7) is 6.69. The van der Waals surface area contributed by atoms with Gasteiger partial charge in [-0.2, -0.15) is 0 Å².